The van der Waals surface area contributed by atoms with Gasteiger partial charge in [-0.1, -0.05) is 24.3 Å². The Balaban J connectivity index is 1.78. The Kier molecular flexibility index (Phi) is 4.13. The fourth-order valence-electron chi connectivity index (χ4n) is 1.99. The summed E-state index contributed by atoms with van der Waals surface area (Å²) >= 11 is 1.25. The first kappa shape index (κ1) is 14.9. The molecule has 1 aromatic heterocycles. The zero-order chi connectivity index (χ0) is 16.2. The molecule has 0 radical (unpaired) electrons. The molecule has 112 valence electrons. The maximum absolute atomic E-state index is 13.6. The van der Waals surface area contributed by atoms with E-state index in [0.29, 0.717) is 16.4 Å². The topological polar surface area (TPSA) is 65.8 Å². The SMILES string of the molecule is N#Cc1ccc(-c2csc(NC(=O)c3ccccc3F)n2)cc1. The lowest BCUT2D eigenvalue weighted by Crippen LogP contribution is -2.13. The van der Waals surface area contributed by atoms with E-state index in [0.717, 1.165) is 5.56 Å². The molecule has 0 unspecified atom stereocenters. The normalized spacial score (nSPS) is 10.1. The van der Waals surface area contributed by atoms with Crippen molar-refractivity contribution in [2.45, 2.75) is 0 Å². The van der Waals surface area contributed by atoms with Crippen LogP contribution in [0, 0.1) is 17.1 Å². The lowest BCUT2D eigenvalue weighted by atomic mass is 10.1. The van der Waals surface area contributed by atoms with E-state index < -0.39 is 11.7 Å². The van der Waals surface area contributed by atoms with Crippen LogP contribution in [0.2, 0.25) is 0 Å². The van der Waals surface area contributed by atoms with Gasteiger partial charge in [-0.05, 0) is 24.3 Å². The molecule has 0 atom stereocenters. The molecule has 0 aliphatic carbocycles. The van der Waals surface area contributed by atoms with Crippen molar-refractivity contribution < 1.29 is 9.18 Å². The van der Waals surface area contributed by atoms with Gasteiger partial charge in [-0.15, -0.1) is 11.3 Å². The van der Waals surface area contributed by atoms with Gasteiger partial charge in [0.25, 0.3) is 5.91 Å². The summed E-state index contributed by atoms with van der Waals surface area (Å²) in [5, 5.41) is 13.6. The number of thiazole rings is 1. The summed E-state index contributed by atoms with van der Waals surface area (Å²) in [5.74, 6) is -1.11. The number of nitriles is 1. The Morgan fingerprint density at radius 3 is 2.61 bits per heavy atom. The van der Waals surface area contributed by atoms with Crippen molar-refractivity contribution in [2.24, 2.45) is 0 Å². The number of hydrogen-bond acceptors (Lipinski definition) is 4. The molecular weight excluding hydrogens is 313 g/mol. The first-order valence-electron chi connectivity index (χ1n) is 6.69. The summed E-state index contributed by atoms with van der Waals surface area (Å²) in [5.41, 5.74) is 2.06. The number of carbonyl (C=O) groups is 1. The molecule has 2 aromatic carbocycles. The van der Waals surface area contributed by atoms with Crippen molar-refractivity contribution in [3.8, 4) is 17.3 Å². The first-order chi connectivity index (χ1) is 11.2. The standard InChI is InChI=1S/C17H10FN3OS/c18-14-4-2-1-3-13(14)16(22)21-17-20-15(10-23-17)12-7-5-11(9-19)6-8-12/h1-8,10H,(H,20,21,22). The second kappa shape index (κ2) is 6.38. The second-order valence-corrected chi connectivity index (χ2v) is 5.52. The summed E-state index contributed by atoms with van der Waals surface area (Å²) in [7, 11) is 0. The van der Waals surface area contributed by atoms with E-state index in [4.69, 9.17) is 5.26 Å². The van der Waals surface area contributed by atoms with E-state index in [2.05, 4.69) is 16.4 Å². The highest BCUT2D eigenvalue weighted by atomic mass is 32.1. The van der Waals surface area contributed by atoms with Crippen LogP contribution in [0.3, 0.4) is 0 Å². The number of rotatable bonds is 3. The average molecular weight is 323 g/mol. The molecule has 3 rings (SSSR count). The van der Waals surface area contributed by atoms with Crippen LogP contribution < -0.4 is 5.32 Å². The van der Waals surface area contributed by atoms with Crippen LogP contribution in [0.4, 0.5) is 9.52 Å². The molecular formula is C17H10FN3OS. The highest BCUT2D eigenvalue weighted by Crippen LogP contribution is 2.25. The van der Waals surface area contributed by atoms with Crippen molar-refractivity contribution in [3.05, 3.63) is 70.9 Å². The van der Waals surface area contributed by atoms with Gasteiger partial charge >= 0.3 is 0 Å². The van der Waals surface area contributed by atoms with Crippen molar-refractivity contribution in [2.75, 3.05) is 5.32 Å². The molecule has 1 heterocycles. The lowest BCUT2D eigenvalue weighted by Gasteiger charge is -2.02. The van der Waals surface area contributed by atoms with E-state index in [1.807, 2.05) is 0 Å². The molecule has 4 nitrogen and oxygen atoms in total. The Morgan fingerprint density at radius 2 is 1.91 bits per heavy atom. The van der Waals surface area contributed by atoms with E-state index in [9.17, 15) is 9.18 Å². The quantitative estimate of drug-likeness (QED) is 0.790. The molecule has 0 saturated heterocycles. The van der Waals surface area contributed by atoms with Crippen LogP contribution in [0.1, 0.15) is 15.9 Å². The summed E-state index contributed by atoms with van der Waals surface area (Å²) in [4.78, 5) is 16.4. The minimum absolute atomic E-state index is 0.0253. The largest absolute Gasteiger partial charge is 0.298 e. The molecule has 1 N–H and O–H groups in total. The summed E-state index contributed by atoms with van der Waals surface area (Å²) in [6, 6.07) is 14.8. The predicted octanol–water partition coefficient (Wildman–Crippen LogP) is 4.07. The van der Waals surface area contributed by atoms with Gasteiger partial charge < -0.3 is 0 Å². The molecule has 0 saturated carbocycles. The minimum atomic E-state index is -0.575. The van der Waals surface area contributed by atoms with Crippen LogP contribution in [0.15, 0.2) is 53.9 Å². The number of aromatic nitrogens is 1. The van der Waals surface area contributed by atoms with Gasteiger partial charge in [0.1, 0.15) is 5.82 Å². The van der Waals surface area contributed by atoms with E-state index in [1.165, 1.54) is 29.5 Å². The molecule has 0 spiro atoms. The van der Waals surface area contributed by atoms with E-state index >= 15 is 0 Å². The number of carbonyl (C=O) groups excluding carboxylic acids is 1. The Labute approximate surface area is 135 Å². The maximum Gasteiger partial charge on any atom is 0.260 e. The molecule has 0 fully saturated rings. The van der Waals surface area contributed by atoms with E-state index in [-0.39, 0.29) is 5.56 Å². The van der Waals surface area contributed by atoms with Gasteiger partial charge in [0.15, 0.2) is 5.13 Å². The minimum Gasteiger partial charge on any atom is -0.298 e. The highest BCUT2D eigenvalue weighted by Gasteiger charge is 2.13. The van der Waals surface area contributed by atoms with Gasteiger partial charge in [-0.3, -0.25) is 10.1 Å². The Bertz CT molecular complexity index is 897. The molecule has 1 amide bonds. The summed E-state index contributed by atoms with van der Waals surface area (Å²) in [6.45, 7) is 0. The van der Waals surface area contributed by atoms with E-state index in [1.54, 1.807) is 35.7 Å². The number of benzene rings is 2. The second-order valence-electron chi connectivity index (χ2n) is 4.66. The third-order valence-electron chi connectivity index (χ3n) is 3.15. The predicted molar refractivity (Wildman–Crippen MR) is 86.6 cm³/mol. The number of nitrogens with zero attached hydrogens (tertiary/aromatic N) is 2. The number of hydrogen-bond donors (Lipinski definition) is 1. The Morgan fingerprint density at radius 1 is 1.17 bits per heavy atom. The number of amides is 1. The van der Waals surface area contributed by atoms with Crippen LogP contribution in [-0.2, 0) is 0 Å². The lowest BCUT2D eigenvalue weighted by molar-refractivity contribution is 0.102. The smallest absolute Gasteiger partial charge is 0.260 e. The number of nitrogens with one attached hydrogen (secondary N) is 1. The van der Waals surface area contributed by atoms with Gasteiger partial charge in [0.05, 0.1) is 22.9 Å². The molecule has 6 heteroatoms. The molecule has 3 aromatic rings. The van der Waals surface area contributed by atoms with Crippen LogP contribution in [0.25, 0.3) is 11.3 Å². The van der Waals surface area contributed by atoms with Crippen molar-refractivity contribution in [1.82, 2.24) is 4.98 Å². The van der Waals surface area contributed by atoms with Crippen molar-refractivity contribution >= 4 is 22.4 Å². The highest BCUT2D eigenvalue weighted by molar-refractivity contribution is 7.14. The zero-order valence-electron chi connectivity index (χ0n) is 11.8. The fourth-order valence-corrected chi connectivity index (χ4v) is 2.70. The van der Waals surface area contributed by atoms with Crippen molar-refractivity contribution in [1.29, 1.82) is 5.26 Å². The van der Waals surface area contributed by atoms with Gasteiger partial charge in [-0.25, -0.2) is 9.37 Å². The molecule has 0 bridgehead atoms. The maximum atomic E-state index is 13.6. The Hall–Kier alpha value is -3.04. The van der Waals surface area contributed by atoms with Crippen LogP contribution in [-0.4, -0.2) is 10.9 Å². The third-order valence-corrected chi connectivity index (χ3v) is 3.91. The fraction of sp³-hybridized carbons (Fsp3) is 0. The average Bonchev–Trinajstić information content (AvgIpc) is 3.03. The first-order valence-corrected chi connectivity index (χ1v) is 7.57. The zero-order valence-corrected chi connectivity index (χ0v) is 12.6. The number of halogens is 1. The van der Waals surface area contributed by atoms with Gasteiger partial charge in [0, 0.05) is 10.9 Å². The molecule has 0 aliphatic heterocycles. The van der Waals surface area contributed by atoms with Crippen LogP contribution >= 0.6 is 11.3 Å². The summed E-state index contributed by atoms with van der Waals surface area (Å²) in [6.07, 6.45) is 0. The molecule has 23 heavy (non-hydrogen) atoms. The van der Waals surface area contributed by atoms with Gasteiger partial charge in [-0.2, -0.15) is 5.26 Å². The number of anilines is 1. The summed E-state index contributed by atoms with van der Waals surface area (Å²) < 4.78 is 13.6. The molecule has 0 aliphatic rings. The van der Waals surface area contributed by atoms with Crippen molar-refractivity contribution in [3.63, 3.8) is 0 Å². The van der Waals surface area contributed by atoms with Crippen LogP contribution in [0.5, 0.6) is 0 Å². The monoisotopic (exact) mass is 323 g/mol. The van der Waals surface area contributed by atoms with Gasteiger partial charge in [0.2, 0.25) is 0 Å². The third kappa shape index (κ3) is 3.25.